The Bertz CT molecular complexity index is 1050. The molecule has 1 aliphatic carbocycles. The monoisotopic (exact) mass is 624 g/mol. The van der Waals surface area contributed by atoms with E-state index in [1.54, 1.807) is 12.1 Å². The van der Waals surface area contributed by atoms with Crippen LogP contribution in [0.3, 0.4) is 0 Å². The molecule has 1 heterocycles. The van der Waals surface area contributed by atoms with Gasteiger partial charge in [0.15, 0.2) is 0 Å². The van der Waals surface area contributed by atoms with Crippen LogP contribution in [-0.4, -0.2) is 85.7 Å². The second-order valence-corrected chi connectivity index (χ2v) is 12.6. The normalized spacial score (nSPS) is 24.3. The van der Waals surface area contributed by atoms with Crippen LogP contribution in [0.15, 0.2) is 30.3 Å². The second-order valence-electron chi connectivity index (χ2n) is 10.0. The van der Waals surface area contributed by atoms with Crippen LogP contribution in [0.25, 0.3) is 0 Å². The molecule has 0 saturated heterocycles. The van der Waals surface area contributed by atoms with Crippen molar-refractivity contribution < 1.29 is 40.2 Å². The largest absolute Gasteiger partial charge is 0.459 e. The third kappa shape index (κ3) is 9.26. The molecule has 3 rings (SSSR count). The van der Waals surface area contributed by atoms with E-state index in [2.05, 4.69) is 0 Å². The fourth-order valence-electron chi connectivity index (χ4n) is 5.05. The number of hydrogen-bond acceptors (Lipinski definition) is 9. The summed E-state index contributed by atoms with van der Waals surface area (Å²) >= 11 is 20.1. The van der Waals surface area contributed by atoms with Crippen molar-refractivity contribution >= 4 is 52.1 Å². The van der Waals surface area contributed by atoms with E-state index in [9.17, 15) is 30.3 Å². The minimum absolute atomic E-state index is 0.0675. The van der Waals surface area contributed by atoms with Crippen molar-refractivity contribution in [2.45, 2.75) is 74.4 Å². The Morgan fingerprint density at radius 2 is 1.64 bits per heavy atom. The highest BCUT2D eigenvalue weighted by molar-refractivity contribution is 7.13. The van der Waals surface area contributed by atoms with Gasteiger partial charge in [0.05, 0.1) is 12.7 Å². The van der Waals surface area contributed by atoms with E-state index >= 15 is 0 Å². The van der Waals surface area contributed by atoms with E-state index in [1.807, 2.05) is 18.2 Å². The van der Waals surface area contributed by atoms with Gasteiger partial charge in [-0.05, 0) is 86.3 Å². The van der Waals surface area contributed by atoms with Crippen LogP contribution in [0.1, 0.15) is 45.8 Å². The predicted molar refractivity (Wildman–Crippen MR) is 151 cm³/mol. The summed E-state index contributed by atoms with van der Waals surface area (Å²) in [5.41, 5.74) is 1.02. The quantitative estimate of drug-likeness (QED) is 0.139. The summed E-state index contributed by atoms with van der Waals surface area (Å²) in [6, 6.07) is 8.91. The lowest BCUT2D eigenvalue weighted by atomic mass is 9.85. The zero-order chi connectivity index (χ0) is 28.7. The maximum Gasteiger partial charge on any atom is 0.348 e. The maximum atomic E-state index is 12.4. The number of aliphatic hydroxyl groups is 6. The van der Waals surface area contributed by atoms with Gasteiger partial charge in [0.1, 0.15) is 35.9 Å². The van der Waals surface area contributed by atoms with Gasteiger partial charge in [-0.3, -0.25) is 0 Å². The van der Waals surface area contributed by atoms with Gasteiger partial charge in [-0.1, -0.05) is 23.2 Å². The second kappa shape index (κ2) is 15.3. The van der Waals surface area contributed by atoms with Gasteiger partial charge in [0.25, 0.3) is 0 Å². The van der Waals surface area contributed by atoms with E-state index < -0.39 is 49.7 Å². The van der Waals surface area contributed by atoms with E-state index in [1.165, 1.54) is 11.3 Å². The number of alkyl halides is 1. The van der Waals surface area contributed by atoms with Crippen molar-refractivity contribution in [2.75, 3.05) is 13.2 Å². The molecule has 1 aliphatic rings. The zero-order valence-corrected chi connectivity index (χ0v) is 24.3. The Hall–Kier alpha value is -0.980. The summed E-state index contributed by atoms with van der Waals surface area (Å²) in [6.07, 6.45) is -2.88. The zero-order valence-electron chi connectivity index (χ0n) is 21.2. The Balaban J connectivity index is 1.46. The number of carbonyl (C=O) groups is 1. The summed E-state index contributed by atoms with van der Waals surface area (Å²) in [5.74, 6) is -0.457. The molecular formula is C27H35Cl3O8S. The van der Waals surface area contributed by atoms with Gasteiger partial charge in [-0.2, -0.15) is 0 Å². The molecule has 12 heteroatoms. The van der Waals surface area contributed by atoms with Crippen LogP contribution in [0, 0.1) is 11.8 Å². The smallest absolute Gasteiger partial charge is 0.348 e. The highest BCUT2D eigenvalue weighted by atomic mass is 35.5. The first kappa shape index (κ1) is 32.5. The topological polar surface area (TPSA) is 148 Å². The number of thiophene rings is 1. The molecular weight excluding hydrogens is 591 g/mol. The van der Waals surface area contributed by atoms with Crippen molar-refractivity contribution in [3.8, 4) is 0 Å². The van der Waals surface area contributed by atoms with Gasteiger partial charge in [-0.25, -0.2) is 4.79 Å². The SMILES string of the molecule is O=C(OC[C@H](O)[C@@H](O)[C@@H](O)[C@@H](O)CO)c1ccc(CCC[C@@H]2[C@@H](CCc3cc(Cl)cc(Cl)c3)[C@H](O)C[C@H]2Cl)s1. The molecule has 1 saturated carbocycles. The fourth-order valence-corrected chi connectivity index (χ4v) is 7.06. The molecule has 0 radical (unpaired) electrons. The lowest BCUT2D eigenvalue weighted by Gasteiger charge is -2.25. The number of halogens is 3. The molecule has 8 nitrogen and oxygen atoms in total. The minimum Gasteiger partial charge on any atom is -0.459 e. The predicted octanol–water partition coefficient (Wildman–Crippen LogP) is 3.21. The van der Waals surface area contributed by atoms with Crippen LogP contribution in [-0.2, 0) is 17.6 Å². The Morgan fingerprint density at radius 1 is 0.974 bits per heavy atom. The van der Waals surface area contributed by atoms with Crippen molar-refractivity contribution in [3.05, 3.63) is 55.7 Å². The number of aryl methyl sites for hydroxylation is 2. The molecule has 218 valence electrons. The number of carbonyl (C=O) groups excluding carboxylic acids is 1. The van der Waals surface area contributed by atoms with Gasteiger partial charge in [-0.15, -0.1) is 22.9 Å². The molecule has 2 aromatic rings. The summed E-state index contributed by atoms with van der Waals surface area (Å²) in [5, 5.41) is 59.3. The minimum atomic E-state index is -1.80. The van der Waals surface area contributed by atoms with Gasteiger partial charge < -0.3 is 35.4 Å². The number of esters is 1. The van der Waals surface area contributed by atoms with E-state index in [0.717, 1.165) is 42.5 Å². The fraction of sp³-hybridized carbons (Fsp3) is 0.593. The summed E-state index contributed by atoms with van der Waals surface area (Å²) in [4.78, 5) is 13.7. The molecule has 1 aromatic heterocycles. The number of rotatable bonds is 14. The maximum absolute atomic E-state index is 12.4. The van der Waals surface area contributed by atoms with Crippen LogP contribution in [0.2, 0.25) is 10.0 Å². The number of benzene rings is 1. The molecule has 8 atom stereocenters. The summed E-state index contributed by atoms with van der Waals surface area (Å²) in [7, 11) is 0. The first-order valence-electron chi connectivity index (χ1n) is 12.9. The lowest BCUT2D eigenvalue weighted by molar-refractivity contribution is -0.124. The third-order valence-corrected chi connectivity index (χ3v) is 9.26. The highest BCUT2D eigenvalue weighted by Gasteiger charge is 2.40. The first-order chi connectivity index (χ1) is 18.5. The van der Waals surface area contributed by atoms with Gasteiger partial charge >= 0.3 is 5.97 Å². The molecule has 6 N–H and O–H groups in total. The van der Waals surface area contributed by atoms with E-state index in [4.69, 9.17) is 44.6 Å². The molecule has 1 aromatic carbocycles. The summed E-state index contributed by atoms with van der Waals surface area (Å²) in [6.45, 7) is -1.39. The van der Waals surface area contributed by atoms with Crippen molar-refractivity contribution in [1.82, 2.24) is 0 Å². The van der Waals surface area contributed by atoms with Crippen molar-refractivity contribution in [1.29, 1.82) is 0 Å². The van der Waals surface area contributed by atoms with Gasteiger partial charge in [0.2, 0.25) is 0 Å². The standard InChI is InChI=1S/C27H35Cl3O8S/c28-15-8-14(9-16(29)10-15)4-6-19-18(20(30)11-21(19)32)3-1-2-17-5-7-24(39-17)27(37)38-13-23(34)26(36)25(35)22(33)12-31/h5,7-10,18-23,25-26,31-36H,1-4,6,11-13H2/t18-,19-,20-,21-,22+,23+,25+,26-/m1/s1. The van der Waals surface area contributed by atoms with Crippen molar-refractivity contribution in [2.24, 2.45) is 11.8 Å². The molecule has 0 spiro atoms. The number of aliphatic hydroxyl groups excluding tert-OH is 6. The van der Waals surface area contributed by atoms with Gasteiger partial charge in [0, 0.05) is 20.3 Å². The number of ether oxygens (including phenoxy) is 1. The van der Waals surface area contributed by atoms with Crippen LogP contribution in [0.4, 0.5) is 0 Å². The van der Waals surface area contributed by atoms with E-state index in [0.29, 0.717) is 21.3 Å². The average Bonchev–Trinajstić information content (AvgIpc) is 3.47. The molecule has 0 bridgehead atoms. The molecule has 39 heavy (non-hydrogen) atoms. The molecule has 0 unspecified atom stereocenters. The lowest BCUT2D eigenvalue weighted by Crippen LogP contribution is -2.47. The highest BCUT2D eigenvalue weighted by Crippen LogP contribution is 2.42. The Labute approximate surface area is 246 Å². The molecule has 0 amide bonds. The first-order valence-corrected chi connectivity index (χ1v) is 14.9. The van der Waals surface area contributed by atoms with Crippen LogP contribution in [0.5, 0.6) is 0 Å². The Morgan fingerprint density at radius 3 is 2.31 bits per heavy atom. The molecule has 1 fully saturated rings. The number of hydrogen-bond donors (Lipinski definition) is 6. The van der Waals surface area contributed by atoms with Crippen molar-refractivity contribution in [3.63, 3.8) is 0 Å². The molecule has 0 aliphatic heterocycles. The van der Waals surface area contributed by atoms with Crippen LogP contribution >= 0.6 is 46.1 Å². The van der Waals surface area contributed by atoms with Crippen LogP contribution < -0.4 is 0 Å². The third-order valence-electron chi connectivity index (χ3n) is 7.20. The average molecular weight is 626 g/mol. The Kier molecular flexibility index (Phi) is 12.8. The summed E-state index contributed by atoms with van der Waals surface area (Å²) < 4.78 is 5.04. The van der Waals surface area contributed by atoms with E-state index in [-0.39, 0.29) is 17.2 Å².